The molecular weight excluding hydrogens is 414 g/mol. The summed E-state index contributed by atoms with van der Waals surface area (Å²) in [6.45, 7) is 3.70. The molecule has 32 heavy (non-hydrogen) atoms. The third-order valence-corrected chi connectivity index (χ3v) is 8.63. The number of piperidine rings is 1. The van der Waals surface area contributed by atoms with Crippen molar-refractivity contribution in [2.24, 2.45) is 5.92 Å². The number of hydrogen-bond donors (Lipinski definition) is 1. The Labute approximate surface area is 195 Å². The van der Waals surface area contributed by atoms with Crippen molar-refractivity contribution in [3.05, 3.63) is 70.6 Å². The summed E-state index contributed by atoms with van der Waals surface area (Å²) in [6.07, 6.45) is 6.18. The van der Waals surface area contributed by atoms with Gasteiger partial charge in [0.15, 0.2) is 0 Å². The number of likely N-dealkylation sites (tertiary alicyclic amines) is 1. The van der Waals surface area contributed by atoms with E-state index in [2.05, 4.69) is 48.7 Å². The predicted octanol–water partition coefficient (Wildman–Crippen LogP) is 6.58. The molecule has 0 bridgehead atoms. The Bertz CT molecular complexity index is 1060. The average Bonchev–Trinajstić information content (AvgIpc) is 3.46. The summed E-state index contributed by atoms with van der Waals surface area (Å²) in [5.41, 5.74) is 3.67. The standard InChI is InChI=1S/C28H33NO2S/c1-19(26-18-32-27-5-3-2-4-25(26)27)16-20-6-7-23(17-20)21-8-10-22(11-9-21)28(31)29-14-12-24(30)13-15-29/h2-5,8-11,18-20,23-24,30H,6-7,12-17H2,1H3/t19-,20?,23-/m0/s1. The van der Waals surface area contributed by atoms with Crippen LogP contribution in [0.25, 0.3) is 10.1 Å². The van der Waals surface area contributed by atoms with E-state index in [9.17, 15) is 9.90 Å². The summed E-state index contributed by atoms with van der Waals surface area (Å²) in [5, 5.41) is 13.5. The Hall–Kier alpha value is -2.17. The molecule has 4 heteroatoms. The van der Waals surface area contributed by atoms with E-state index in [1.165, 1.54) is 46.9 Å². The molecule has 5 rings (SSSR count). The van der Waals surface area contributed by atoms with Gasteiger partial charge >= 0.3 is 0 Å². The van der Waals surface area contributed by atoms with Crippen molar-refractivity contribution in [3.8, 4) is 0 Å². The lowest BCUT2D eigenvalue weighted by molar-refractivity contribution is 0.0546. The molecule has 3 nitrogen and oxygen atoms in total. The van der Waals surface area contributed by atoms with Crippen molar-refractivity contribution in [3.63, 3.8) is 0 Å². The van der Waals surface area contributed by atoms with E-state index in [4.69, 9.17) is 0 Å². The van der Waals surface area contributed by atoms with Gasteiger partial charge in [-0.15, -0.1) is 11.3 Å². The highest BCUT2D eigenvalue weighted by atomic mass is 32.1. The normalized spacial score (nSPS) is 23.0. The second-order valence-electron chi connectivity index (χ2n) is 9.85. The van der Waals surface area contributed by atoms with Crippen LogP contribution in [0.3, 0.4) is 0 Å². The monoisotopic (exact) mass is 447 g/mol. The van der Waals surface area contributed by atoms with Gasteiger partial charge in [-0.1, -0.05) is 37.3 Å². The van der Waals surface area contributed by atoms with E-state index in [0.717, 1.165) is 11.5 Å². The summed E-state index contributed by atoms with van der Waals surface area (Å²) < 4.78 is 1.40. The van der Waals surface area contributed by atoms with Crippen LogP contribution in [0.15, 0.2) is 53.9 Å². The van der Waals surface area contributed by atoms with E-state index in [0.29, 0.717) is 37.8 Å². The number of aliphatic hydroxyl groups is 1. The lowest BCUT2D eigenvalue weighted by atomic mass is 9.88. The van der Waals surface area contributed by atoms with Gasteiger partial charge in [0.25, 0.3) is 5.91 Å². The summed E-state index contributed by atoms with van der Waals surface area (Å²) in [4.78, 5) is 14.6. The highest BCUT2D eigenvalue weighted by Crippen LogP contribution is 2.43. The number of aliphatic hydroxyl groups excluding tert-OH is 1. The molecule has 1 saturated carbocycles. The van der Waals surface area contributed by atoms with Crippen molar-refractivity contribution in [1.29, 1.82) is 0 Å². The number of carbonyl (C=O) groups excluding carboxylic acids is 1. The minimum Gasteiger partial charge on any atom is -0.393 e. The molecule has 1 aromatic heterocycles. The van der Waals surface area contributed by atoms with Crippen molar-refractivity contribution in [1.82, 2.24) is 4.90 Å². The van der Waals surface area contributed by atoms with Gasteiger partial charge in [-0.2, -0.15) is 0 Å². The van der Waals surface area contributed by atoms with Crippen molar-refractivity contribution >= 4 is 27.3 Å². The highest BCUT2D eigenvalue weighted by molar-refractivity contribution is 7.17. The average molecular weight is 448 g/mol. The minimum absolute atomic E-state index is 0.101. The highest BCUT2D eigenvalue weighted by Gasteiger charge is 2.28. The smallest absolute Gasteiger partial charge is 0.253 e. The Balaban J connectivity index is 1.18. The van der Waals surface area contributed by atoms with Gasteiger partial charge < -0.3 is 10.0 Å². The fourth-order valence-electron chi connectivity index (χ4n) is 5.75. The topological polar surface area (TPSA) is 40.5 Å². The molecule has 2 aromatic carbocycles. The maximum Gasteiger partial charge on any atom is 0.253 e. The zero-order chi connectivity index (χ0) is 22.1. The number of rotatable bonds is 5. The van der Waals surface area contributed by atoms with Crippen LogP contribution in [0.5, 0.6) is 0 Å². The first-order chi connectivity index (χ1) is 15.6. The van der Waals surface area contributed by atoms with Crippen LogP contribution in [0.2, 0.25) is 0 Å². The Morgan fingerprint density at radius 2 is 1.81 bits per heavy atom. The molecule has 0 radical (unpaired) electrons. The van der Waals surface area contributed by atoms with Gasteiger partial charge in [0.1, 0.15) is 0 Å². The van der Waals surface area contributed by atoms with Gasteiger partial charge in [-0.05, 0) is 96.4 Å². The number of fused-ring (bicyclic) bond motifs is 1. The van der Waals surface area contributed by atoms with Gasteiger partial charge in [0.2, 0.25) is 0 Å². The summed E-state index contributed by atoms with van der Waals surface area (Å²) in [5.74, 6) is 2.08. The lowest BCUT2D eigenvalue weighted by Crippen LogP contribution is -2.40. The largest absolute Gasteiger partial charge is 0.393 e. The van der Waals surface area contributed by atoms with Crippen LogP contribution in [0.1, 0.15) is 78.8 Å². The second kappa shape index (κ2) is 9.36. The molecule has 1 unspecified atom stereocenters. The Morgan fingerprint density at radius 3 is 2.59 bits per heavy atom. The first-order valence-electron chi connectivity index (χ1n) is 12.1. The van der Waals surface area contributed by atoms with E-state index in [1.54, 1.807) is 0 Å². The van der Waals surface area contributed by atoms with Crippen LogP contribution in [0.4, 0.5) is 0 Å². The molecule has 2 fully saturated rings. The fourth-order valence-corrected chi connectivity index (χ4v) is 6.83. The van der Waals surface area contributed by atoms with Crippen molar-refractivity contribution < 1.29 is 9.90 Å². The molecule has 3 atom stereocenters. The SMILES string of the molecule is C[C@@H](CC1CC[C@H](c2ccc(C(=O)N3CCC(O)CC3)cc2)C1)c1csc2ccccc12. The number of thiophene rings is 1. The molecule has 1 saturated heterocycles. The number of hydrogen-bond acceptors (Lipinski definition) is 3. The Kier molecular flexibility index (Phi) is 6.34. The third-order valence-electron chi connectivity index (χ3n) is 7.65. The van der Waals surface area contributed by atoms with Crippen LogP contribution in [0, 0.1) is 5.92 Å². The molecule has 2 aliphatic rings. The number of benzene rings is 2. The molecule has 2 heterocycles. The van der Waals surface area contributed by atoms with Crippen molar-refractivity contribution in [2.75, 3.05) is 13.1 Å². The first-order valence-corrected chi connectivity index (χ1v) is 13.0. The summed E-state index contributed by atoms with van der Waals surface area (Å²) >= 11 is 1.87. The summed E-state index contributed by atoms with van der Waals surface area (Å²) in [7, 11) is 0. The molecule has 168 valence electrons. The third kappa shape index (κ3) is 4.49. The molecular formula is C28H33NO2S. The zero-order valence-corrected chi connectivity index (χ0v) is 19.7. The minimum atomic E-state index is -0.252. The molecule has 1 N–H and O–H groups in total. The van der Waals surface area contributed by atoms with Crippen LogP contribution < -0.4 is 0 Å². The maximum absolute atomic E-state index is 12.8. The van der Waals surface area contributed by atoms with Crippen molar-refractivity contribution in [2.45, 2.75) is 63.4 Å². The van der Waals surface area contributed by atoms with Crippen LogP contribution in [-0.4, -0.2) is 35.1 Å². The van der Waals surface area contributed by atoms with E-state index < -0.39 is 0 Å². The van der Waals surface area contributed by atoms with E-state index in [1.807, 2.05) is 28.4 Å². The maximum atomic E-state index is 12.8. The number of nitrogens with zero attached hydrogens (tertiary/aromatic N) is 1. The van der Waals surface area contributed by atoms with Gasteiger partial charge in [-0.25, -0.2) is 0 Å². The summed E-state index contributed by atoms with van der Waals surface area (Å²) in [6, 6.07) is 17.1. The van der Waals surface area contributed by atoms with Gasteiger partial charge in [-0.3, -0.25) is 4.79 Å². The zero-order valence-electron chi connectivity index (χ0n) is 18.9. The predicted molar refractivity (Wildman–Crippen MR) is 133 cm³/mol. The molecule has 3 aromatic rings. The molecule has 1 aliphatic heterocycles. The number of amides is 1. The first kappa shape index (κ1) is 21.7. The second-order valence-corrected chi connectivity index (χ2v) is 10.8. The van der Waals surface area contributed by atoms with Gasteiger partial charge in [0.05, 0.1) is 6.10 Å². The van der Waals surface area contributed by atoms with E-state index >= 15 is 0 Å². The van der Waals surface area contributed by atoms with E-state index in [-0.39, 0.29) is 12.0 Å². The quantitative estimate of drug-likeness (QED) is 0.480. The number of carbonyl (C=O) groups is 1. The van der Waals surface area contributed by atoms with Gasteiger partial charge in [0, 0.05) is 23.4 Å². The Morgan fingerprint density at radius 1 is 1.06 bits per heavy atom. The fraction of sp³-hybridized carbons (Fsp3) is 0.464. The van der Waals surface area contributed by atoms with Crippen LogP contribution >= 0.6 is 11.3 Å². The van der Waals surface area contributed by atoms with Crippen LogP contribution in [-0.2, 0) is 0 Å². The molecule has 1 amide bonds. The molecule has 1 aliphatic carbocycles. The lowest BCUT2D eigenvalue weighted by Gasteiger charge is -2.29. The molecule has 0 spiro atoms.